The van der Waals surface area contributed by atoms with Gasteiger partial charge >= 0.3 is 0 Å². The fraction of sp³-hybridized carbons (Fsp3) is 0.0333. The van der Waals surface area contributed by atoms with Gasteiger partial charge in [0.25, 0.3) is 0 Å². The van der Waals surface area contributed by atoms with Crippen LogP contribution in [0.5, 0.6) is 51.7 Å². The summed E-state index contributed by atoms with van der Waals surface area (Å²) < 4.78 is 5.94. The van der Waals surface area contributed by atoms with Gasteiger partial charge in [0.2, 0.25) is 0 Å². The molecule has 1 aromatic heterocycles. The second-order valence-corrected chi connectivity index (χ2v) is 9.72. The van der Waals surface area contributed by atoms with E-state index in [-0.39, 0.29) is 5.56 Å². The molecule has 13 nitrogen and oxygen atoms in total. The molecule has 6 rings (SSSR count). The van der Waals surface area contributed by atoms with E-state index in [4.69, 9.17) is 4.42 Å². The fourth-order valence-electron chi connectivity index (χ4n) is 5.27. The van der Waals surface area contributed by atoms with Crippen molar-refractivity contribution in [2.75, 3.05) is 0 Å². The zero-order valence-corrected chi connectivity index (χ0v) is 21.4. The molecule has 0 aliphatic carbocycles. The predicted octanol–water partition coefficient (Wildman–Crippen LogP) is 3.91. The molecule has 1 aliphatic heterocycles. The Kier molecular flexibility index (Phi) is 5.66. The standard InChI is InChI=1S/C30H18O13/c31-11-3-1-9-13(33)5-14(34)23-15(35)6-17(37)25(29(23)42)22-10(2-4-12(32)28(22)41)20-8-19(39)24-16(36)7-18(38)26(30(24)43-20)21(9)27(11)40/h1-4,6-8,31-32,35-38,40-42H,5H2. The van der Waals surface area contributed by atoms with E-state index in [9.17, 15) is 60.3 Å². The summed E-state index contributed by atoms with van der Waals surface area (Å²) in [5.41, 5.74) is -5.60. The lowest BCUT2D eigenvalue weighted by atomic mass is 9.88. The van der Waals surface area contributed by atoms with Crippen LogP contribution < -0.4 is 5.43 Å². The number of aromatic hydroxyl groups is 9. The SMILES string of the molecule is O=C1CC(=O)c2c(O)cc(O)c(c2O)-c2c(ccc(O)c2O)-c2cc(=O)c3c(O)cc(O)c(c3o2)-c2c1ccc(O)c2O. The molecule has 5 aromatic rings. The van der Waals surface area contributed by atoms with E-state index in [2.05, 4.69) is 0 Å². The first kappa shape index (κ1) is 26.8. The summed E-state index contributed by atoms with van der Waals surface area (Å²) in [6.07, 6.45) is -1.09. The van der Waals surface area contributed by atoms with Gasteiger partial charge in [0.05, 0.1) is 17.5 Å². The number of Topliss-reactive ketones (excluding diaryl/α,β-unsaturated/α-hetero) is 2. The van der Waals surface area contributed by atoms with Crippen LogP contribution in [-0.2, 0) is 0 Å². The number of ketones is 2. The Morgan fingerprint density at radius 3 is 1.67 bits per heavy atom. The van der Waals surface area contributed by atoms with Crippen molar-refractivity contribution < 1.29 is 60.0 Å². The fourth-order valence-corrected chi connectivity index (χ4v) is 5.27. The molecule has 0 saturated carbocycles. The summed E-state index contributed by atoms with van der Waals surface area (Å²) in [4.78, 5) is 40.2. The van der Waals surface area contributed by atoms with Crippen molar-refractivity contribution >= 4 is 22.5 Å². The first-order valence-corrected chi connectivity index (χ1v) is 12.3. The van der Waals surface area contributed by atoms with Crippen LogP contribution in [0.25, 0.3) is 44.5 Å². The van der Waals surface area contributed by atoms with Gasteiger partial charge < -0.3 is 50.4 Å². The molecule has 216 valence electrons. The Morgan fingerprint density at radius 2 is 1.02 bits per heavy atom. The zero-order valence-electron chi connectivity index (χ0n) is 21.4. The van der Waals surface area contributed by atoms with Crippen LogP contribution in [0.2, 0.25) is 0 Å². The van der Waals surface area contributed by atoms with E-state index >= 15 is 0 Å². The normalized spacial score (nSPS) is 12.7. The average molecular weight is 586 g/mol. The predicted molar refractivity (Wildman–Crippen MR) is 147 cm³/mol. The minimum absolute atomic E-state index is 0.286. The topological polar surface area (TPSA) is 246 Å². The van der Waals surface area contributed by atoms with Crippen molar-refractivity contribution in [2.45, 2.75) is 6.42 Å². The largest absolute Gasteiger partial charge is 0.507 e. The number of carbonyl (C=O) groups excluding carboxylic acids is 2. The van der Waals surface area contributed by atoms with Gasteiger partial charge in [0, 0.05) is 40.5 Å². The number of rotatable bonds is 0. The van der Waals surface area contributed by atoms with Crippen LogP contribution in [0.1, 0.15) is 27.1 Å². The molecular formula is C30H18O13. The molecule has 2 heterocycles. The number of benzene rings is 4. The number of hydrogen-bond donors (Lipinski definition) is 9. The Hall–Kier alpha value is -6.37. The highest BCUT2D eigenvalue weighted by atomic mass is 16.3. The van der Waals surface area contributed by atoms with Crippen molar-refractivity contribution in [3.05, 3.63) is 63.8 Å². The second-order valence-electron chi connectivity index (χ2n) is 9.72. The lowest BCUT2D eigenvalue weighted by Gasteiger charge is -2.19. The monoisotopic (exact) mass is 586 g/mol. The minimum Gasteiger partial charge on any atom is -0.507 e. The van der Waals surface area contributed by atoms with E-state index in [1.807, 2.05) is 0 Å². The lowest BCUT2D eigenvalue weighted by Crippen LogP contribution is -2.11. The molecule has 43 heavy (non-hydrogen) atoms. The molecule has 0 atom stereocenters. The van der Waals surface area contributed by atoms with E-state index < -0.39 is 125 Å². The minimum atomic E-state index is -1.19. The van der Waals surface area contributed by atoms with Gasteiger partial charge in [-0.05, 0) is 24.3 Å². The zero-order chi connectivity index (χ0) is 31.1. The Balaban J connectivity index is 1.90. The quantitative estimate of drug-likeness (QED) is 0.0923. The number of phenols is 9. The Labute approximate surface area is 238 Å². The summed E-state index contributed by atoms with van der Waals surface area (Å²) in [7, 11) is 0. The number of hydrogen-bond acceptors (Lipinski definition) is 13. The molecule has 1 aliphatic rings. The van der Waals surface area contributed by atoms with Crippen molar-refractivity contribution in [1.82, 2.24) is 0 Å². The van der Waals surface area contributed by atoms with Gasteiger partial charge in [-0.2, -0.15) is 0 Å². The molecule has 0 saturated heterocycles. The van der Waals surface area contributed by atoms with Gasteiger partial charge in [-0.25, -0.2) is 0 Å². The Morgan fingerprint density at radius 1 is 0.488 bits per heavy atom. The second kappa shape index (κ2) is 9.07. The highest BCUT2D eigenvalue weighted by molar-refractivity contribution is 6.20. The van der Waals surface area contributed by atoms with Crippen molar-refractivity contribution in [2.24, 2.45) is 0 Å². The number of phenolic OH excluding ortho intramolecular Hbond substituents is 9. The third-order valence-corrected chi connectivity index (χ3v) is 7.20. The third-order valence-electron chi connectivity index (χ3n) is 7.20. The van der Waals surface area contributed by atoms with Crippen LogP contribution in [-0.4, -0.2) is 57.5 Å². The molecule has 13 heteroatoms. The summed E-state index contributed by atoms with van der Waals surface area (Å²) in [5.74, 6) is -10.8. The van der Waals surface area contributed by atoms with Gasteiger partial charge in [0.15, 0.2) is 45.6 Å². The van der Waals surface area contributed by atoms with E-state index in [0.717, 1.165) is 36.4 Å². The summed E-state index contributed by atoms with van der Waals surface area (Å²) in [6, 6.07) is 6.21. The molecule has 0 spiro atoms. The van der Waals surface area contributed by atoms with Gasteiger partial charge in [-0.1, -0.05) is 0 Å². The highest BCUT2D eigenvalue weighted by Gasteiger charge is 2.33. The lowest BCUT2D eigenvalue weighted by molar-refractivity contribution is 0.0892. The molecule has 4 bridgehead atoms. The molecule has 0 amide bonds. The maximum Gasteiger partial charge on any atom is 0.197 e. The average Bonchev–Trinajstić information content (AvgIpc) is 2.92. The molecule has 9 N–H and O–H groups in total. The number of carbonyl (C=O) groups is 2. The summed E-state index contributed by atoms with van der Waals surface area (Å²) in [5, 5.41) is 95.7. The van der Waals surface area contributed by atoms with E-state index in [1.54, 1.807) is 0 Å². The molecule has 0 radical (unpaired) electrons. The first-order chi connectivity index (χ1) is 20.3. The molecular weight excluding hydrogens is 568 g/mol. The van der Waals surface area contributed by atoms with Gasteiger partial charge in [-0.15, -0.1) is 0 Å². The maximum atomic E-state index is 13.5. The van der Waals surface area contributed by atoms with E-state index in [0.29, 0.717) is 6.07 Å². The van der Waals surface area contributed by atoms with Gasteiger partial charge in [0.1, 0.15) is 45.5 Å². The number of fused-ring (bicyclic) bond motifs is 8. The van der Waals surface area contributed by atoms with Crippen LogP contribution in [0.15, 0.2) is 51.7 Å². The first-order valence-electron chi connectivity index (χ1n) is 12.3. The van der Waals surface area contributed by atoms with Gasteiger partial charge in [-0.3, -0.25) is 14.4 Å². The third kappa shape index (κ3) is 3.75. The van der Waals surface area contributed by atoms with Crippen LogP contribution in [0.4, 0.5) is 0 Å². The van der Waals surface area contributed by atoms with Crippen LogP contribution >= 0.6 is 0 Å². The van der Waals surface area contributed by atoms with Crippen LogP contribution in [0, 0.1) is 0 Å². The van der Waals surface area contributed by atoms with Crippen molar-refractivity contribution in [3.63, 3.8) is 0 Å². The highest BCUT2D eigenvalue weighted by Crippen LogP contribution is 2.54. The Bertz CT molecular complexity index is 2160. The van der Waals surface area contributed by atoms with Crippen molar-refractivity contribution in [3.8, 4) is 85.3 Å². The molecule has 0 fully saturated rings. The summed E-state index contributed by atoms with van der Waals surface area (Å²) in [6.45, 7) is 0. The maximum absolute atomic E-state index is 13.5. The van der Waals surface area contributed by atoms with Crippen molar-refractivity contribution in [1.29, 1.82) is 0 Å². The smallest absolute Gasteiger partial charge is 0.197 e. The molecule has 0 unspecified atom stereocenters. The molecule has 4 aromatic carbocycles. The van der Waals surface area contributed by atoms with E-state index in [1.165, 1.54) is 0 Å². The summed E-state index contributed by atoms with van der Waals surface area (Å²) >= 11 is 0. The van der Waals surface area contributed by atoms with Crippen LogP contribution in [0.3, 0.4) is 0 Å².